The average Bonchev–Trinajstić information content (AvgIpc) is 3.20. The zero-order valence-electron chi connectivity index (χ0n) is 15.7. The first-order valence-corrected chi connectivity index (χ1v) is 11.1. The minimum Gasteiger partial charge on any atom is -0.338 e. The van der Waals surface area contributed by atoms with Crippen LogP contribution in [0.1, 0.15) is 32.6 Å². The van der Waals surface area contributed by atoms with Gasteiger partial charge in [-0.25, -0.2) is 12.8 Å². The number of carbonyl (C=O) groups excluding carboxylic acids is 1. The van der Waals surface area contributed by atoms with Crippen LogP contribution >= 0.6 is 0 Å². The standard InChI is InChI=1S/C19H28FN3O3S/c1-2-11-23(16-7-10-21-14-16)19(24)15-8-12-22(13-9-15)27(25,26)18-6-4-3-5-17(18)20/h3-6,15-16,21H,2,7-14H2,1H3. The summed E-state index contributed by atoms with van der Waals surface area (Å²) in [5, 5.41) is 3.30. The Morgan fingerprint density at radius 2 is 1.96 bits per heavy atom. The summed E-state index contributed by atoms with van der Waals surface area (Å²) in [6.45, 7) is 5.04. The second-order valence-corrected chi connectivity index (χ2v) is 9.19. The number of hydrogen-bond acceptors (Lipinski definition) is 4. The molecule has 0 saturated carbocycles. The third kappa shape index (κ3) is 4.33. The van der Waals surface area contributed by atoms with E-state index in [1.165, 1.54) is 22.5 Å². The van der Waals surface area contributed by atoms with Crippen LogP contribution in [0.3, 0.4) is 0 Å². The van der Waals surface area contributed by atoms with E-state index in [4.69, 9.17) is 0 Å². The van der Waals surface area contributed by atoms with Gasteiger partial charge in [0.1, 0.15) is 10.7 Å². The fourth-order valence-corrected chi connectivity index (χ4v) is 5.52. The number of halogens is 1. The summed E-state index contributed by atoms with van der Waals surface area (Å²) in [6, 6.07) is 5.67. The number of piperidine rings is 1. The second kappa shape index (κ2) is 8.67. The SMILES string of the molecule is CCCN(C(=O)C1CCN(S(=O)(=O)c2ccccc2F)CC1)C1CCNC1. The first kappa shape index (κ1) is 20.2. The lowest BCUT2D eigenvalue weighted by Crippen LogP contribution is -2.48. The molecule has 1 amide bonds. The van der Waals surface area contributed by atoms with Crippen LogP contribution in [0.2, 0.25) is 0 Å². The van der Waals surface area contributed by atoms with Gasteiger partial charge in [0.05, 0.1) is 0 Å². The molecular weight excluding hydrogens is 369 g/mol. The average molecular weight is 398 g/mol. The van der Waals surface area contributed by atoms with Gasteiger partial charge in [0.25, 0.3) is 0 Å². The summed E-state index contributed by atoms with van der Waals surface area (Å²) in [5.74, 6) is -0.767. The Kier molecular flexibility index (Phi) is 6.49. The lowest BCUT2D eigenvalue weighted by molar-refractivity contribution is -0.138. The third-order valence-corrected chi connectivity index (χ3v) is 7.41. The zero-order valence-corrected chi connectivity index (χ0v) is 16.5. The number of sulfonamides is 1. The Labute approximate surface area is 160 Å². The number of rotatable bonds is 6. The third-order valence-electron chi connectivity index (χ3n) is 5.48. The summed E-state index contributed by atoms with van der Waals surface area (Å²) in [5.41, 5.74) is 0. The zero-order chi connectivity index (χ0) is 19.4. The lowest BCUT2D eigenvalue weighted by Gasteiger charge is -2.36. The molecule has 2 aliphatic rings. The predicted molar refractivity (Wildman–Crippen MR) is 101 cm³/mol. The number of amides is 1. The van der Waals surface area contributed by atoms with Crippen LogP contribution in [0.4, 0.5) is 4.39 Å². The van der Waals surface area contributed by atoms with Crippen LogP contribution in [0, 0.1) is 11.7 Å². The number of hydrogen-bond donors (Lipinski definition) is 1. The van der Waals surface area contributed by atoms with Crippen LogP contribution in [-0.2, 0) is 14.8 Å². The highest BCUT2D eigenvalue weighted by atomic mass is 32.2. The van der Waals surface area contributed by atoms with Crippen LogP contribution in [0.25, 0.3) is 0 Å². The summed E-state index contributed by atoms with van der Waals surface area (Å²) in [4.78, 5) is 14.7. The van der Waals surface area contributed by atoms with Crippen LogP contribution in [0.15, 0.2) is 29.2 Å². The van der Waals surface area contributed by atoms with Gasteiger partial charge in [-0.2, -0.15) is 4.31 Å². The van der Waals surface area contributed by atoms with Crippen LogP contribution < -0.4 is 5.32 Å². The molecule has 1 atom stereocenters. The topological polar surface area (TPSA) is 69.7 Å². The highest BCUT2D eigenvalue weighted by Crippen LogP contribution is 2.27. The van der Waals surface area contributed by atoms with Gasteiger partial charge in [0, 0.05) is 38.1 Å². The van der Waals surface area contributed by atoms with Crippen molar-refractivity contribution in [1.29, 1.82) is 0 Å². The Hall–Kier alpha value is -1.51. The fourth-order valence-electron chi connectivity index (χ4n) is 3.99. The first-order valence-electron chi connectivity index (χ1n) is 9.71. The maximum atomic E-state index is 13.9. The Bertz CT molecular complexity index is 757. The maximum Gasteiger partial charge on any atom is 0.245 e. The summed E-state index contributed by atoms with van der Waals surface area (Å²) >= 11 is 0. The van der Waals surface area contributed by atoms with Gasteiger partial charge >= 0.3 is 0 Å². The van der Waals surface area contributed by atoms with E-state index in [0.717, 1.165) is 38.5 Å². The van der Waals surface area contributed by atoms with Gasteiger partial charge in [-0.1, -0.05) is 19.1 Å². The number of carbonyl (C=O) groups is 1. The maximum absolute atomic E-state index is 13.9. The Morgan fingerprint density at radius 3 is 2.56 bits per heavy atom. The van der Waals surface area contributed by atoms with E-state index >= 15 is 0 Å². The normalized spacial score (nSPS) is 22.1. The molecule has 6 nitrogen and oxygen atoms in total. The molecule has 0 bridgehead atoms. The van der Waals surface area contributed by atoms with E-state index in [0.29, 0.717) is 12.8 Å². The number of nitrogens with zero attached hydrogens (tertiary/aromatic N) is 2. The van der Waals surface area contributed by atoms with Gasteiger partial charge in [0.2, 0.25) is 15.9 Å². The first-order chi connectivity index (χ1) is 12.9. The molecular formula is C19H28FN3O3S. The molecule has 1 unspecified atom stereocenters. The molecule has 2 aliphatic heterocycles. The fraction of sp³-hybridized carbons (Fsp3) is 0.632. The molecule has 2 heterocycles. The largest absolute Gasteiger partial charge is 0.338 e. The van der Waals surface area contributed by atoms with E-state index in [-0.39, 0.29) is 35.9 Å². The Morgan fingerprint density at radius 1 is 1.26 bits per heavy atom. The quantitative estimate of drug-likeness (QED) is 0.795. The van der Waals surface area contributed by atoms with Crippen LogP contribution in [0.5, 0.6) is 0 Å². The molecule has 0 radical (unpaired) electrons. The molecule has 2 fully saturated rings. The summed E-state index contributed by atoms with van der Waals surface area (Å²) in [7, 11) is -3.86. The summed E-state index contributed by atoms with van der Waals surface area (Å²) < 4.78 is 40.7. The van der Waals surface area contributed by atoms with Crippen molar-refractivity contribution < 1.29 is 17.6 Å². The van der Waals surface area contributed by atoms with E-state index in [1.54, 1.807) is 0 Å². The van der Waals surface area contributed by atoms with Crippen LogP contribution in [-0.4, -0.2) is 62.3 Å². The highest BCUT2D eigenvalue weighted by Gasteiger charge is 2.36. The van der Waals surface area contributed by atoms with E-state index in [2.05, 4.69) is 12.2 Å². The highest BCUT2D eigenvalue weighted by molar-refractivity contribution is 7.89. The van der Waals surface area contributed by atoms with E-state index < -0.39 is 15.8 Å². The Balaban J connectivity index is 1.65. The van der Waals surface area contributed by atoms with Crippen molar-refractivity contribution in [3.05, 3.63) is 30.1 Å². The monoisotopic (exact) mass is 397 g/mol. The van der Waals surface area contributed by atoms with Crippen molar-refractivity contribution in [1.82, 2.24) is 14.5 Å². The minimum atomic E-state index is -3.86. The minimum absolute atomic E-state index is 0.133. The van der Waals surface area contributed by atoms with Gasteiger partial charge in [0.15, 0.2) is 0 Å². The number of nitrogens with one attached hydrogen (secondary N) is 1. The molecule has 1 aromatic carbocycles. The van der Waals surface area contributed by atoms with Crippen molar-refractivity contribution in [3.63, 3.8) is 0 Å². The molecule has 3 rings (SSSR count). The molecule has 0 aromatic heterocycles. The van der Waals surface area contributed by atoms with Crippen molar-refractivity contribution in [3.8, 4) is 0 Å². The van der Waals surface area contributed by atoms with Gasteiger partial charge in [-0.05, 0) is 44.4 Å². The van der Waals surface area contributed by atoms with Gasteiger partial charge in [-0.15, -0.1) is 0 Å². The predicted octanol–water partition coefficient (Wildman–Crippen LogP) is 1.83. The van der Waals surface area contributed by atoms with Crippen molar-refractivity contribution in [2.75, 3.05) is 32.7 Å². The smallest absolute Gasteiger partial charge is 0.245 e. The molecule has 8 heteroatoms. The van der Waals surface area contributed by atoms with Crippen molar-refractivity contribution in [2.45, 2.75) is 43.5 Å². The van der Waals surface area contributed by atoms with Crippen molar-refractivity contribution >= 4 is 15.9 Å². The molecule has 27 heavy (non-hydrogen) atoms. The number of benzene rings is 1. The van der Waals surface area contributed by atoms with E-state index in [9.17, 15) is 17.6 Å². The van der Waals surface area contributed by atoms with Gasteiger partial charge < -0.3 is 10.2 Å². The molecule has 1 aromatic rings. The molecule has 0 spiro atoms. The molecule has 150 valence electrons. The lowest BCUT2D eigenvalue weighted by atomic mass is 9.95. The molecule has 1 N–H and O–H groups in total. The van der Waals surface area contributed by atoms with E-state index in [1.807, 2.05) is 4.90 Å². The summed E-state index contributed by atoms with van der Waals surface area (Å²) in [6.07, 6.45) is 2.83. The molecule has 2 saturated heterocycles. The van der Waals surface area contributed by atoms with Crippen molar-refractivity contribution in [2.24, 2.45) is 5.92 Å². The second-order valence-electron chi connectivity index (χ2n) is 7.29. The van der Waals surface area contributed by atoms with Gasteiger partial charge in [-0.3, -0.25) is 4.79 Å². The molecule has 0 aliphatic carbocycles.